The Bertz CT molecular complexity index is 1020. The Kier molecular flexibility index (Phi) is 3.70. The van der Waals surface area contributed by atoms with E-state index in [1.54, 1.807) is 13.3 Å². The molecule has 2 aromatic carbocycles. The van der Waals surface area contributed by atoms with E-state index in [-0.39, 0.29) is 0 Å². The fourth-order valence-corrected chi connectivity index (χ4v) is 2.64. The minimum atomic E-state index is 0.473. The normalized spacial score (nSPS) is 10.9. The van der Waals surface area contributed by atoms with E-state index < -0.39 is 0 Å². The van der Waals surface area contributed by atoms with E-state index in [4.69, 9.17) is 10.6 Å². The van der Waals surface area contributed by atoms with Crippen LogP contribution in [0, 0.1) is 0 Å². The molecule has 0 aliphatic rings. The largest absolute Gasteiger partial charge is 0.497 e. The quantitative estimate of drug-likeness (QED) is 0.483. The predicted molar refractivity (Wildman–Crippen MR) is 95.3 cm³/mol. The van der Waals surface area contributed by atoms with Crippen LogP contribution in [0.25, 0.3) is 10.9 Å². The highest BCUT2D eigenvalue weighted by Gasteiger charge is 2.11. The molecule has 0 amide bonds. The van der Waals surface area contributed by atoms with Crippen molar-refractivity contribution in [1.29, 1.82) is 0 Å². The van der Waals surface area contributed by atoms with Crippen molar-refractivity contribution in [2.45, 2.75) is 6.42 Å². The molecule has 8 heteroatoms. The highest BCUT2D eigenvalue weighted by molar-refractivity contribution is 5.82. The van der Waals surface area contributed by atoms with Gasteiger partial charge < -0.3 is 15.9 Å². The van der Waals surface area contributed by atoms with Gasteiger partial charge in [-0.3, -0.25) is 5.10 Å². The number of benzene rings is 2. The van der Waals surface area contributed by atoms with Crippen LogP contribution >= 0.6 is 0 Å². The minimum Gasteiger partial charge on any atom is -0.497 e. The Morgan fingerprint density at radius 2 is 2.12 bits per heavy atom. The SMILES string of the molecule is COc1cccc(Cc2nnc(Nc3ccc4[nH]ncc4c3)n2N)c1. The van der Waals surface area contributed by atoms with Gasteiger partial charge in [0, 0.05) is 17.5 Å². The highest BCUT2D eigenvalue weighted by atomic mass is 16.5. The van der Waals surface area contributed by atoms with Gasteiger partial charge in [0.1, 0.15) is 5.75 Å². The van der Waals surface area contributed by atoms with Crippen LogP contribution < -0.4 is 15.9 Å². The van der Waals surface area contributed by atoms with E-state index in [1.807, 2.05) is 42.5 Å². The molecule has 0 aliphatic heterocycles. The lowest BCUT2D eigenvalue weighted by Crippen LogP contribution is -2.15. The Labute approximate surface area is 143 Å². The summed E-state index contributed by atoms with van der Waals surface area (Å²) in [5.41, 5.74) is 2.88. The smallest absolute Gasteiger partial charge is 0.247 e. The molecule has 0 unspecified atom stereocenters. The van der Waals surface area contributed by atoms with Gasteiger partial charge in [-0.25, -0.2) is 4.68 Å². The molecule has 0 bridgehead atoms. The van der Waals surface area contributed by atoms with Gasteiger partial charge in [0.15, 0.2) is 5.82 Å². The highest BCUT2D eigenvalue weighted by Crippen LogP contribution is 2.21. The monoisotopic (exact) mass is 335 g/mol. The number of nitrogens with one attached hydrogen (secondary N) is 2. The summed E-state index contributed by atoms with van der Waals surface area (Å²) < 4.78 is 6.70. The van der Waals surface area contributed by atoms with Gasteiger partial charge in [0.25, 0.3) is 0 Å². The van der Waals surface area contributed by atoms with E-state index in [1.165, 1.54) is 4.68 Å². The Balaban J connectivity index is 1.55. The molecule has 4 rings (SSSR count). The first kappa shape index (κ1) is 15.0. The number of hydrogen-bond donors (Lipinski definition) is 3. The fraction of sp³-hybridized carbons (Fsp3) is 0.118. The van der Waals surface area contributed by atoms with Gasteiger partial charge >= 0.3 is 0 Å². The molecular formula is C17H17N7O. The van der Waals surface area contributed by atoms with Crippen LogP contribution in [-0.2, 0) is 6.42 Å². The van der Waals surface area contributed by atoms with Gasteiger partial charge in [-0.15, -0.1) is 10.2 Å². The third-order valence-electron chi connectivity index (χ3n) is 3.96. The first-order valence-electron chi connectivity index (χ1n) is 7.75. The molecule has 2 heterocycles. The van der Waals surface area contributed by atoms with Gasteiger partial charge in [-0.05, 0) is 35.9 Å². The van der Waals surface area contributed by atoms with Crippen molar-refractivity contribution in [2.75, 3.05) is 18.3 Å². The van der Waals surface area contributed by atoms with E-state index >= 15 is 0 Å². The summed E-state index contributed by atoms with van der Waals surface area (Å²) in [6, 6.07) is 13.6. The molecule has 126 valence electrons. The topological polar surface area (TPSA) is 107 Å². The first-order chi connectivity index (χ1) is 12.2. The predicted octanol–water partition coefficient (Wildman–Crippen LogP) is 2.21. The Morgan fingerprint density at radius 3 is 3.00 bits per heavy atom. The summed E-state index contributed by atoms with van der Waals surface area (Å²) in [5, 5.41) is 19.4. The maximum atomic E-state index is 6.14. The van der Waals surface area contributed by atoms with Gasteiger partial charge in [0.2, 0.25) is 5.95 Å². The average Bonchev–Trinajstić information content (AvgIpc) is 3.23. The number of rotatable bonds is 5. The van der Waals surface area contributed by atoms with Crippen LogP contribution in [-0.4, -0.2) is 32.2 Å². The van der Waals surface area contributed by atoms with Crippen LogP contribution in [0.4, 0.5) is 11.6 Å². The summed E-state index contributed by atoms with van der Waals surface area (Å²) in [6.07, 6.45) is 2.32. The van der Waals surface area contributed by atoms with Crippen molar-refractivity contribution >= 4 is 22.5 Å². The molecule has 25 heavy (non-hydrogen) atoms. The summed E-state index contributed by atoms with van der Waals surface area (Å²) in [7, 11) is 1.64. The maximum Gasteiger partial charge on any atom is 0.247 e. The second-order valence-electron chi connectivity index (χ2n) is 5.64. The van der Waals surface area contributed by atoms with Crippen LogP contribution in [0.15, 0.2) is 48.7 Å². The van der Waals surface area contributed by atoms with Gasteiger partial charge in [-0.2, -0.15) is 5.10 Å². The number of nitrogens with zero attached hydrogens (tertiary/aromatic N) is 4. The zero-order valence-electron chi connectivity index (χ0n) is 13.6. The lowest BCUT2D eigenvalue weighted by Gasteiger charge is -2.07. The van der Waals surface area contributed by atoms with Gasteiger partial charge in [-0.1, -0.05) is 12.1 Å². The molecule has 8 nitrogen and oxygen atoms in total. The number of fused-ring (bicyclic) bond motifs is 1. The zero-order valence-corrected chi connectivity index (χ0v) is 13.6. The number of nitrogens with two attached hydrogens (primary N) is 1. The number of nitrogen functional groups attached to an aromatic ring is 1. The van der Waals surface area contributed by atoms with E-state index in [2.05, 4.69) is 25.7 Å². The van der Waals surface area contributed by atoms with Crippen molar-refractivity contribution in [2.24, 2.45) is 0 Å². The second kappa shape index (κ2) is 6.16. The van der Waals surface area contributed by atoms with Crippen molar-refractivity contribution in [3.05, 3.63) is 60.0 Å². The first-order valence-corrected chi connectivity index (χ1v) is 7.75. The lowest BCUT2D eigenvalue weighted by molar-refractivity contribution is 0.414. The molecule has 4 aromatic rings. The molecule has 0 saturated carbocycles. The molecule has 0 aliphatic carbocycles. The van der Waals surface area contributed by atoms with Crippen LogP contribution in [0.1, 0.15) is 11.4 Å². The number of anilines is 2. The number of methoxy groups -OCH3 is 1. The number of aromatic nitrogens is 5. The van der Waals surface area contributed by atoms with Crippen molar-refractivity contribution in [3.8, 4) is 5.75 Å². The van der Waals surface area contributed by atoms with Crippen molar-refractivity contribution < 1.29 is 4.74 Å². The third kappa shape index (κ3) is 2.97. The maximum absolute atomic E-state index is 6.14. The number of hydrogen-bond acceptors (Lipinski definition) is 6. The standard InChI is InChI=1S/C17H17N7O/c1-25-14-4-2-3-11(7-14)8-16-22-23-17(24(16)18)20-13-5-6-15-12(9-13)10-19-21-15/h2-7,9-10H,8,18H2,1H3,(H,19,21)(H,20,23). The van der Waals surface area contributed by atoms with Crippen molar-refractivity contribution in [1.82, 2.24) is 25.1 Å². The molecule has 0 fully saturated rings. The molecule has 4 N–H and O–H groups in total. The van der Waals surface area contributed by atoms with Crippen LogP contribution in [0.5, 0.6) is 5.75 Å². The molecular weight excluding hydrogens is 318 g/mol. The van der Waals surface area contributed by atoms with Crippen molar-refractivity contribution in [3.63, 3.8) is 0 Å². The van der Waals surface area contributed by atoms with E-state index in [0.717, 1.165) is 27.9 Å². The molecule has 0 radical (unpaired) electrons. The zero-order chi connectivity index (χ0) is 17.2. The van der Waals surface area contributed by atoms with Crippen LogP contribution in [0.3, 0.4) is 0 Å². The number of ether oxygens (including phenoxy) is 1. The Morgan fingerprint density at radius 1 is 1.20 bits per heavy atom. The molecule has 2 aromatic heterocycles. The summed E-state index contributed by atoms with van der Waals surface area (Å²) in [5.74, 6) is 8.07. The van der Waals surface area contributed by atoms with E-state index in [9.17, 15) is 0 Å². The summed E-state index contributed by atoms with van der Waals surface area (Å²) >= 11 is 0. The Hall–Kier alpha value is -3.55. The summed E-state index contributed by atoms with van der Waals surface area (Å²) in [4.78, 5) is 0. The van der Waals surface area contributed by atoms with Crippen LogP contribution in [0.2, 0.25) is 0 Å². The summed E-state index contributed by atoms with van der Waals surface area (Å²) in [6.45, 7) is 0. The lowest BCUT2D eigenvalue weighted by atomic mass is 10.1. The number of H-pyrrole nitrogens is 1. The molecule has 0 saturated heterocycles. The molecule has 0 atom stereocenters. The third-order valence-corrected chi connectivity index (χ3v) is 3.96. The molecule has 0 spiro atoms. The fourth-order valence-electron chi connectivity index (χ4n) is 2.64. The van der Waals surface area contributed by atoms with E-state index in [0.29, 0.717) is 18.2 Å². The minimum absolute atomic E-state index is 0.473. The second-order valence-corrected chi connectivity index (χ2v) is 5.64. The number of aromatic amines is 1. The van der Waals surface area contributed by atoms with Gasteiger partial charge in [0.05, 0.1) is 18.8 Å². The average molecular weight is 335 g/mol.